The summed E-state index contributed by atoms with van der Waals surface area (Å²) in [6.07, 6.45) is 0. The summed E-state index contributed by atoms with van der Waals surface area (Å²) >= 11 is 0. The average Bonchev–Trinajstić information content (AvgIpc) is 2.02. The van der Waals surface area contributed by atoms with E-state index in [1.165, 1.54) is 7.11 Å². The molecule has 0 aliphatic rings. The van der Waals surface area contributed by atoms with Crippen LogP contribution in [0.5, 0.6) is 0 Å². The zero-order chi connectivity index (χ0) is 9.56. The lowest BCUT2D eigenvalue weighted by Gasteiger charge is -2.15. The van der Waals surface area contributed by atoms with Crippen molar-refractivity contribution >= 4 is 11.9 Å². The molecule has 0 fully saturated rings. The number of rotatable bonds is 5. The highest BCUT2D eigenvalue weighted by Gasteiger charge is 2.10. The number of ether oxygens (including phenoxy) is 1. The van der Waals surface area contributed by atoms with Gasteiger partial charge < -0.3 is 10.5 Å². The molecule has 0 atom stereocenters. The molecule has 1 amide bonds. The summed E-state index contributed by atoms with van der Waals surface area (Å²) in [4.78, 5) is 22.8. The molecule has 0 aromatic carbocycles. The minimum atomic E-state index is -0.444. The smallest absolute Gasteiger partial charge is 0.319 e. The number of primary amides is 1. The van der Waals surface area contributed by atoms with Crippen molar-refractivity contribution in [2.45, 2.75) is 6.92 Å². The molecule has 0 aromatic rings. The molecule has 2 N–H and O–H groups in total. The summed E-state index contributed by atoms with van der Waals surface area (Å²) in [5, 5.41) is 0. The van der Waals surface area contributed by atoms with Gasteiger partial charge in [0.05, 0.1) is 20.2 Å². The maximum atomic E-state index is 10.7. The first-order valence-corrected chi connectivity index (χ1v) is 3.67. The van der Waals surface area contributed by atoms with Crippen molar-refractivity contribution in [3.63, 3.8) is 0 Å². The van der Waals surface area contributed by atoms with E-state index in [-0.39, 0.29) is 19.1 Å². The van der Waals surface area contributed by atoms with E-state index in [9.17, 15) is 9.59 Å². The van der Waals surface area contributed by atoms with E-state index >= 15 is 0 Å². The Hall–Kier alpha value is -1.10. The van der Waals surface area contributed by atoms with E-state index in [0.717, 1.165) is 0 Å². The Balaban J connectivity index is 3.82. The Morgan fingerprint density at radius 1 is 1.42 bits per heavy atom. The molecule has 0 aliphatic heterocycles. The van der Waals surface area contributed by atoms with E-state index < -0.39 is 5.91 Å². The molecule has 0 unspecified atom stereocenters. The van der Waals surface area contributed by atoms with E-state index in [1.807, 2.05) is 6.92 Å². The van der Waals surface area contributed by atoms with Gasteiger partial charge in [-0.25, -0.2) is 0 Å². The number of hydrogen-bond donors (Lipinski definition) is 1. The van der Waals surface area contributed by atoms with Crippen molar-refractivity contribution in [3.05, 3.63) is 0 Å². The van der Waals surface area contributed by atoms with Crippen molar-refractivity contribution < 1.29 is 14.3 Å². The molecule has 0 aromatic heterocycles. The minimum absolute atomic E-state index is 0.0889. The van der Waals surface area contributed by atoms with Gasteiger partial charge >= 0.3 is 5.97 Å². The number of carbonyl (C=O) groups is 2. The van der Waals surface area contributed by atoms with E-state index in [0.29, 0.717) is 6.54 Å². The summed E-state index contributed by atoms with van der Waals surface area (Å²) < 4.78 is 4.43. The fourth-order valence-corrected chi connectivity index (χ4v) is 0.747. The number of nitrogens with zero attached hydrogens (tertiary/aromatic N) is 1. The third kappa shape index (κ3) is 4.68. The summed E-state index contributed by atoms with van der Waals surface area (Å²) in [5.74, 6) is -0.807. The highest BCUT2D eigenvalue weighted by molar-refractivity contribution is 5.77. The molecule has 5 nitrogen and oxygen atoms in total. The van der Waals surface area contributed by atoms with E-state index in [2.05, 4.69) is 4.74 Å². The number of hydrogen-bond acceptors (Lipinski definition) is 4. The SMILES string of the molecule is CCN(CC(N)=O)CC(=O)OC. The molecule has 0 radical (unpaired) electrons. The van der Waals surface area contributed by atoms with Gasteiger partial charge in [0.15, 0.2) is 0 Å². The third-order valence-corrected chi connectivity index (χ3v) is 1.41. The van der Waals surface area contributed by atoms with Crippen LogP contribution in [-0.2, 0) is 14.3 Å². The summed E-state index contributed by atoms with van der Waals surface area (Å²) in [6.45, 7) is 2.63. The number of amides is 1. The number of methoxy groups -OCH3 is 1. The monoisotopic (exact) mass is 174 g/mol. The Morgan fingerprint density at radius 2 is 2.00 bits per heavy atom. The van der Waals surface area contributed by atoms with Crippen LogP contribution in [0, 0.1) is 0 Å². The number of nitrogens with two attached hydrogens (primary N) is 1. The molecule has 70 valence electrons. The van der Waals surface area contributed by atoms with E-state index in [1.54, 1.807) is 4.90 Å². The predicted molar refractivity (Wildman–Crippen MR) is 43.3 cm³/mol. The van der Waals surface area contributed by atoms with Crippen LogP contribution in [0.15, 0.2) is 0 Å². The van der Waals surface area contributed by atoms with Crippen LogP contribution in [0.2, 0.25) is 0 Å². The van der Waals surface area contributed by atoms with Crippen LogP contribution < -0.4 is 5.73 Å². The lowest BCUT2D eigenvalue weighted by molar-refractivity contribution is -0.142. The van der Waals surface area contributed by atoms with Crippen molar-refractivity contribution in [2.75, 3.05) is 26.7 Å². The van der Waals surface area contributed by atoms with Crippen LogP contribution in [0.3, 0.4) is 0 Å². The number of esters is 1. The zero-order valence-corrected chi connectivity index (χ0v) is 7.37. The minimum Gasteiger partial charge on any atom is -0.468 e. The summed E-state index contributed by atoms with van der Waals surface area (Å²) in [7, 11) is 1.31. The first-order chi connectivity index (χ1) is 5.60. The van der Waals surface area contributed by atoms with Crippen LogP contribution in [0.4, 0.5) is 0 Å². The van der Waals surface area contributed by atoms with Gasteiger partial charge in [-0.05, 0) is 6.54 Å². The fraction of sp³-hybridized carbons (Fsp3) is 0.714. The Kier molecular flexibility index (Phi) is 5.03. The van der Waals surface area contributed by atoms with Gasteiger partial charge in [0.25, 0.3) is 0 Å². The van der Waals surface area contributed by atoms with Gasteiger partial charge in [-0.2, -0.15) is 0 Å². The lowest BCUT2D eigenvalue weighted by atomic mass is 10.4. The molecule has 0 spiro atoms. The topological polar surface area (TPSA) is 72.6 Å². The van der Waals surface area contributed by atoms with Gasteiger partial charge in [0.2, 0.25) is 5.91 Å². The highest BCUT2D eigenvalue weighted by atomic mass is 16.5. The van der Waals surface area contributed by atoms with E-state index in [4.69, 9.17) is 5.73 Å². The molecule has 0 aliphatic carbocycles. The molecule has 0 bridgehead atoms. The second kappa shape index (κ2) is 5.54. The van der Waals surface area contributed by atoms with Crippen LogP contribution in [-0.4, -0.2) is 43.5 Å². The Bertz CT molecular complexity index is 170. The molecule has 12 heavy (non-hydrogen) atoms. The molecule has 0 saturated heterocycles. The lowest BCUT2D eigenvalue weighted by Crippen LogP contribution is -2.37. The van der Waals surface area contributed by atoms with Gasteiger partial charge in [0, 0.05) is 0 Å². The molecule has 0 rings (SSSR count). The number of likely N-dealkylation sites (N-methyl/N-ethyl adjacent to an activating group) is 1. The van der Waals surface area contributed by atoms with Gasteiger partial charge in [-0.3, -0.25) is 14.5 Å². The molecular formula is C7H14N2O3. The predicted octanol–water partition coefficient (Wildman–Crippen LogP) is -1.03. The van der Waals surface area contributed by atoms with Crippen molar-refractivity contribution in [3.8, 4) is 0 Å². The molecular weight excluding hydrogens is 160 g/mol. The normalized spacial score (nSPS) is 9.92. The summed E-state index contributed by atoms with van der Waals surface area (Å²) in [5.41, 5.74) is 4.95. The standard InChI is InChI=1S/C7H14N2O3/c1-3-9(4-6(8)10)5-7(11)12-2/h3-5H2,1-2H3,(H2,8,10). The Morgan fingerprint density at radius 3 is 2.33 bits per heavy atom. The fourth-order valence-electron chi connectivity index (χ4n) is 0.747. The molecule has 0 saturated carbocycles. The third-order valence-electron chi connectivity index (χ3n) is 1.41. The highest BCUT2D eigenvalue weighted by Crippen LogP contribution is 1.87. The molecule has 0 heterocycles. The molecule has 5 heteroatoms. The Labute approximate surface area is 71.5 Å². The average molecular weight is 174 g/mol. The van der Waals surface area contributed by atoms with Crippen LogP contribution >= 0.6 is 0 Å². The first-order valence-electron chi connectivity index (χ1n) is 3.67. The quantitative estimate of drug-likeness (QED) is 0.541. The van der Waals surface area contributed by atoms with Crippen LogP contribution in [0.1, 0.15) is 6.92 Å². The van der Waals surface area contributed by atoms with Gasteiger partial charge in [0.1, 0.15) is 0 Å². The summed E-state index contributed by atoms with van der Waals surface area (Å²) in [6, 6.07) is 0. The largest absolute Gasteiger partial charge is 0.468 e. The van der Waals surface area contributed by atoms with Crippen molar-refractivity contribution in [2.24, 2.45) is 5.73 Å². The second-order valence-corrected chi connectivity index (χ2v) is 2.35. The van der Waals surface area contributed by atoms with Gasteiger partial charge in [-0.1, -0.05) is 6.92 Å². The number of carbonyl (C=O) groups excluding carboxylic acids is 2. The zero-order valence-electron chi connectivity index (χ0n) is 7.37. The van der Waals surface area contributed by atoms with Crippen LogP contribution in [0.25, 0.3) is 0 Å². The van der Waals surface area contributed by atoms with Crippen molar-refractivity contribution in [1.82, 2.24) is 4.90 Å². The second-order valence-electron chi connectivity index (χ2n) is 2.35. The van der Waals surface area contributed by atoms with Gasteiger partial charge in [-0.15, -0.1) is 0 Å². The maximum absolute atomic E-state index is 10.7. The first kappa shape index (κ1) is 10.9. The van der Waals surface area contributed by atoms with Crippen molar-refractivity contribution in [1.29, 1.82) is 0 Å². The maximum Gasteiger partial charge on any atom is 0.319 e.